The Kier molecular flexibility index (Phi) is 3.12. The summed E-state index contributed by atoms with van der Waals surface area (Å²) in [5.41, 5.74) is 6.13. The molecule has 0 heterocycles. The third kappa shape index (κ3) is 2.35. The van der Waals surface area contributed by atoms with Crippen molar-refractivity contribution < 1.29 is 9.31 Å². The molecule has 2 aromatic carbocycles. The number of nitriles is 1. The molecule has 0 saturated heterocycles. The fourth-order valence-corrected chi connectivity index (χ4v) is 1.67. The maximum atomic E-state index is 13.5. The van der Waals surface area contributed by atoms with Crippen molar-refractivity contribution in [1.29, 1.82) is 5.26 Å². The van der Waals surface area contributed by atoms with Crippen LogP contribution in [0.3, 0.4) is 0 Å². The Bertz CT molecular complexity index is 708. The summed E-state index contributed by atoms with van der Waals surface area (Å²) < 4.78 is 13.5. The van der Waals surface area contributed by atoms with Crippen molar-refractivity contribution in [3.8, 4) is 17.2 Å². The first kappa shape index (κ1) is 12.5. The van der Waals surface area contributed by atoms with Gasteiger partial charge in [0.2, 0.25) is 0 Å². The lowest BCUT2D eigenvalue weighted by atomic mass is 10.0. The molecule has 0 fully saturated rings. The summed E-state index contributed by atoms with van der Waals surface area (Å²) in [7, 11) is 0. The molecule has 0 atom stereocenters. The van der Waals surface area contributed by atoms with Gasteiger partial charge in [0.25, 0.3) is 5.69 Å². The van der Waals surface area contributed by atoms with Crippen LogP contribution in [0.1, 0.15) is 5.56 Å². The van der Waals surface area contributed by atoms with Crippen LogP contribution in [0.2, 0.25) is 0 Å². The number of halogens is 1. The van der Waals surface area contributed by atoms with E-state index in [4.69, 9.17) is 11.0 Å². The number of nitro benzene ring substituents is 1. The third-order valence-corrected chi connectivity index (χ3v) is 2.65. The van der Waals surface area contributed by atoms with Gasteiger partial charge in [-0.2, -0.15) is 5.26 Å². The monoisotopic (exact) mass is 257 g/mol. The van der Waals surface area contributed by atoms with Gasteiger partial charge in [-0.05, 0) is 29.3 Å². The molecule has 19 heavy (non-hydrogen) atoms. The molecule has 0 radical (unpaired) electrons. The number of hydrogen-bond donors (Lipinski definition) is 1. The Balaban J connectivity index is 2.54. The number of nitrogens with two attached hydrogens (primary N) is 1. The maximum absolute atomic E-state index is 13.5. The van der Waals surface area contributed by atoms with Crippen molar-refractivity contribution in [2.24, 2.45) is 0 Å². The van der Waals surface area contributed by atoms with Crippen molar-refractivity contribution in [3.63, 3.8) is 0 Å². The predicted octanol–water partition coefficient (Wildman–Crippen LogP) is 2.85. The number of nitrogen functional groups attached to an aromatic ring is 1. The first-order chi connectivity index (χ1) is 9.02. The predicted molar refractivity (Wildman–Crippen MR) is 67.6 cm³/mol. The fourth-order valence-electron chi connectivity index (χ4n) is 1.67. The second kappa shape index (κ2) is 4.74. The Hall–Kier alpha value is -2.94. The topological polar surface area (TPSA) is 93.0 Å². The number of nitrogens with zero attached hydrogens (tertiary/aromatic N) is 2. The molecule has 0 bridgehead atoms. The molecule has 0 unspecified atom stereocenters. The molecular formula is C13H8FN3O2. The molecule has 0 aromatic heterocycles. The van der Waals surface area contributed by atoms with Gasteiger partial charge in [0, 0.05) is 6.07 Å². The largest absolute Gasteiger partial charge is 0.393 e. The Morgan fingerprint density at radius 3 is 2.42 bits per heavy atom. The highest BCUT2D eigenvalue weighted by atomic mass is 19.1. The van der Waals surface area contributed by atoms with Gasteiger partial charge >= 0.3 is 0 Å². The van der Waals surface area contributed by atoms with Gasteiger partial charge < -0.3 is 5.73 Å². The van der Waals surface area contributed by atoms with Crippen LogP contribution < -0.4 is 5.73 Å². The Morgan fingerprint density at radius 1 is 1.21 bits per heavy atom. The van der Waals surface area contributed by atoms with Crippen molar-refractivity contribution in [2.75, 3.05) is 5.73 Å². The average Bonchev–Trinajstić information content (AvgIpc) is 2.38. The third-order valence-electron chi connectivity index (χ3n) is 2.65. The Labute approximate surface area is 107 Å². The number of benzene rings is 2. The molecule has 2 rings (SSSR count). The Morgan fingerprint density at radius 2 is 1.84 bits per heavy atom. The fraction of sp³-hybridized carbons (Fsp3) is 0. The molecule has 0 aliphatic heterocycles. The normalized spacial score (nSPS) is 9.89. The minimum Gasteiger partial charge on any atom is -0.393 e. The van der Waals surface area contributed by atoms with Crippen LogP contribution >= 0.6 is 0 Å². The van der Waals surface area contributed by atoms with Gasteiger partial charge in [-0.15, -0.1) is 0 Å². The molecule has 0 spiro atoms. The van der Waals surface area contributed by atoms with Crippen LogP contribution in [-0.4, -0.2) is 4.92 Å². The van der Waals surface area contributed by atoms with Crippen LogP contribution in [0.4, 0.5) is 15.8 Å². The maximum Gasteiger partial charge on any atom is 0.292 e. The summed E-state index contributed by atoms with van der Waals surface area (Å²) in [6.45, 7) is 0. The lowest BCUT2D eigenvalue weighted by Gasteiger charge is -2.04. The molecule has 0 aliphatic carbocycles. The average molecular weight is 257 g/mol. The van der Waals surface area contributed by atoms with Crippen LogP contribution in [0.5, 0.6) is 0 Å². The quantitative estimate of drug-likeness (QED) is 0.508. The van der Waals surface area contributed by atoms with Crippen LogP contribution in [-0.2, 0) is 0 Å². The summed E-state index contributed by atoms with van der Waals surface area (Å²) in [6, 6.07) is 9.95. The number of nitro groups is 1. The number of hydrogen-bond acceptors (Lipinski definition) is 4. The summed E-state index contributed by atoms with van der Waals surface area (Å²) in [5, 5.41) is 19.4. The molecule has 0 amide bonds. The first-order valence-corrected chi connectivity index (χ1v) is 5.27. The highest BCUT2D eigenvalue weighted by Crippen LogP contribution is 2.29. The van der Waals surface area contributed by atoms with Crippen molar-refractivity contribution in [2.45, 2.75) is 0 Å². The summed E-state index contributed by atoms with van der Waals surface area (Å²) in [4.78, 5) is 10.2. The SMILES string of the molecule is N#Cc1ccc(-c2ccc(N)c([N+](=O)[O-])c2)cc1F. The lowest BCUT2D eigenvalue weighted by molar-refractivity contribution is -0.383. The molecule has 0 aliphatic rings. The van der Waals surface area contributed by atoms with E-state index in [0.29, 0.717) is 11.1 Å². The van der Waals surface area contributed by atoms with Gasteiger partial charge in [0.05, 0.1) is 10.5 Å². The second-order valence-electron chi connectivity index (χ2n) is 3.84. The second-order valence-corrected chi connectivity index (χ2v) is 3.84. The smallest absolute Gasteiger partial charge is 0.292 e. The minimum atomic E-state index is -0.667. The van der Waals surface area contributed by atoms with Crippen LogP contribution in [0.15, 0.2) is 36.4 Å². The molecule has 6 heteroatoms. The zero-order valence-electron chi connectivity index (χ0n) is 9.63. The molecule has 94 valence electrons. The lowest BCUT2D eigenvalue weighted by Crippen LogP contribution is -1.96. The van der Waals surface area contributed by atoms with Gasteiger partial charge in [-0.25, -0.2) is 4.39 Å². The van der Waals surface area contributed by atoms with E-state index in [-0.39, 0.29) is 16.9 Å². The number of anilines is 1. The summed E-state index contributed by atoms with van der Waals surface area (Å²) in [6.07, 6.45) is 0. The van der Waals surface area contributed by atoms with Gasteiger partial charge in [0.1, 0.15) is 17.6 Å². The van der Waals surface area contributed by atoms with Crippen molar-refractivity contribution in [1.82, 2.24) is 0 Å². The van der Waals surface area contributed by atoms with Crippen LogP contribution in [0, 0.1) is 27.3 Å². The zero-order valence-corrected chi connectivity index (χ0v) is 9.63. The van der Waals surface area contributed by atoms with Gasteiger partial charge in [0.15, 0.2) is 0 Å². The minimum absolute atomic E-state index is 0.0443. The molecule has 2 N–H and O–H groups in total. The zero-order chi connectivity index (χ0) is 14.0. The summed E-state index contributed by atoms with van der Waals surface area (Å²) >= 11 is 0. The van der Waals surface area contributed by atoms with E-state index in [0.717, 1.165) is 6.07 Å². The first-order valence-electron chi connectivity index (χ1n) is 5.27. The highest BCUT2D eigenvalue weighted by Gasteiger charge is 2.13. The molecular weight excluding hydrogens is 249 g/mol. The van der Waals surface area contributed by atoms with Crippen molar-refractivity contribution in [3.05, 3.63) is 57.9 Å². The van der Waals surface area contributed by atoms with E-state index in [9.17, 15) is 14.5 Å². The molecule has 2 aromatic rings. The standard InChI is InChI=1S/C13H8FN3O2/c14-11-5-8(1-2-10(11)7-15)9-3-4-12(16)13(6-9)17(18)19/h1-6H,16H2. The van der Waals surface area contributed by atoms with Crippen molar-refractivity contribution >= 4 is 11.4 Å². The molecule has 5 nitrogen and oxygen atoms in total. The van der Waals surface area contributed by atoms with Gasteiger partial charge in [-0.1, -0.05) is 12.1 Å². The van der Waals surface area contributed by atoms with E-state index in [1.165, 1.54) is 24.3 Å². The van der Waals surface area contributed by atoms with Crippen LogP contribution in [0.25, 0.3) is 11.1 Å². The van der Waals surface area contributed by atoms with E-state index in [2.05, 4.69) is 0 Å². The number of rotatable bonds is 2. The van der Waals surface area contributed by atoms with Gasteiger partial charge in [-0.3, -0.25) is 10.1 Å². The van der Waals surface area contributed by atoms with E-state index in [1.54, 1.807) is 12.1 Å². The highest BCUT2D eigenvalue weighted by molar-refractivity contribution is 5.72. The molecule has 0 saturated carbocycles. The van der Waals surface area contributed by atoms with E-state index in [1.807, 2.05) is 0 Å². The summed E-state index contributed by atoms with van der Waals surface area (Å²) in [5.74, 6) is -0.667. The van der Waals surface area contributed by atoms with E-state index < -0.39 is 10.7 Å². The van der Waals surface area contributed by atoms with E-state index >= 15 is 0 Å².